The zero-order valence-corrected chi connectivity index (χ0v) is 17.9. The van der Waals surface area contributed by atoms with E-state index in [0.717, 1.165) is 11.3 Å². The summed E-state index contributed by atoms with van der Waals surface area (Å²) in [6, 6.07) is 12.2. The Bertz CT molecular complexity index is 1000. The normalized spacial score (nSPS) is 10.4. The van der Waals surface area contributed by atoms with Crippen LogP contribution in [-0.2, 0) is 17.8 Å². The number of amides is 2. The molecule has 2 aromatic carbocycles. The van der Waals surface area contributed by atoms with Crippen LogP contribution in [0.2, 0.25) is 0 Å². The molecule has 0 aliphatic rings. The minimum atomic E-state index is -0.267. The SMILES string of the molecule is COc1cc(C(=O)Nc2ccc(CC(=O)N(C)C)cc2)ccc1OCc1cscn1. The molecule has 0 atom stereocenters. The summed E-state index contributed by atoms with van der Waals surface area (Å²) < 4.78 is 11.1. The zero-order valence-electron chi connectivity index (χ0n) is 17.0. The molecule has 0 fully saturated rings. The highest BCUT2D eigenvalue weighted by Gasteiger charge is 2.13. The Morgan fingerprint density at radius 1 is 1.10 bits per heavy atom. The molecule has 2 amide bonds. The van der Waals surface area contributed by atoms with Crippen molar-refractivity contribution in [1.82, 2.24) is 9.88 Å². The number of benzene rings is 2. The van der Waals surface area contributed by atoms with Crippen LogP contribution in [0.3, 0.4) is 0 Å². The molecule has 3 aromatic rings. The van der Waals surface area contributed by atoms with Crippen LogP contribution in [0, 0.1) is 0 Å². The Morgan fingerprint density at radius 2 is 1.87 bits per heavy atom. The third-order valence-corrected chi connectivity index (χ3v) is 4.99. The minimum Gasteiger partial charge on any atom is -0.493 e. The second-order valence-corrected chi connectivity index (χ2v) is 7.47. The summed E-state index contributed by atoms with van der Waals surface area (Å²) in [6.07, 6.45) is 0.320. The maximum Gasteiger partial charge on any atom is 0.255 e. The van der Waals surface area contributed by atoms with Gasteiger partial charge in [0.2, 0.25) is 5.91 Å². The van der Waals surface area contributed by atoms with Gasteiger partial charge < -0.3 is 19.7 Å². The van der Waals surface area contributed by atoms with E-state index in [9.17, 15) is 9.59 Å². The summed E-state index contributed by atoms with van der Waals surface area (Å²) in [5.41, 5.74) is 4.55. The van der Waals surface area contributed by atoms with Crippen molar-refractivity contribution in [2.24, 2.45) is 0 Å². The van der Waals surface area contributed by atoms with Crippen LogP contribution in [-0.4, -0.2) is 42.9 Å². The maximum atomic E-state index is 12.6. The first-order valence-electron chi connectivity index (χ1n) is 9.24. The largest absolute Gasteiger partial charge is 0.493 e. The van der Waals surface area contributed by atoms with Gasteiger partial charge in [-0.15, -0.1) is 11.3 Å². The number of rotatable bonds is 8. The third-order valence-electron chi connectivity index (χ3n) is 4.35. The van der Waals surface area contributed by atoms with E-state index in [2.05, 4.69) is 10.3 Å². The fourth-order valence-corrected chi connectivity index (χ4v) is 3.17. The minimum absolute atomic E-state index is 0.0240. The van der Waals surface area contributed by atoms with Crippen LogP contribution in [0.15, 0.2) is 53.4 Å². The van der Waals surface area contributed by atoms with Crippen LogP contribution in [0.5, 0.6) is 11.5 Å². The molecule has 0 aliphatic heterocycles. The molecule has 3 rings (SSSR count). The van der Waals surface area contributed by atoms with E-state index in [-0.39, 0.29) is 11.8 Å². The summed E-state index contributed by atoms with van der Waals surface area (Å²) in [5.74, 6) is 0.764. The predicted octanol–water partition coefficient (Wildman–Crippen LogP) is 3.61. The maximum absolute atomic E-state index is 12.6. The topological polar surface area (TPSA) is 80.8 Å². The van der Waals surface area contributed by atoms with E-state index in [4.69, 9.17) is 9.47 Å². The highest BCUT2D eigenvalue weighted by atomic mass is 32.1. The van der Waals surface area contributed by atoms with Gasteiger partial charge in [0.05, 0.1) is 24.7 Å². The Balaban J connectivity index is 1.64. The summed E-state index contributed by atoms with van der Waals surface area (Å²) in [6.45, 7) is 0.327. The zero-order chi connectivity index (χ0) is 21.5. The number of carbonyl (C=O) groups is 2. The molecule has 156 valence electrons. The number of hydrogen-bond acceptors (Lipinski definition) is 6. The quantitative estimate of drug-likeness (QED) is 0.596. The smallest absolute Gasteiger partial charge is 0.255 e. The molecule has 1 heterocycles. The van der Waals surface area contributed by atoms with Crippen molar-refractivity contribution < 1.29 is 19.1 Å². The van der Waals surface area contributed by atoms with Gasteiger partial charge in [-0.1, -0.05) is 12.1 Å². The first-order chi connectivity index (χ1) is 14.5. The van der Waals surface area contributed by atoms with E-state index in [1.165, 1.54) is 18.4 Å². The number of carbonyl (C=O) groups excluding carboxylic acids is 2. The molecule has 0 unspecified atom stereocenters. The molecule has 0 aliphatic carbocycles. The molecule has 8 heteroatoms. The lowest BCUT2D eigenvalue weighted by Gasteiger charge is -2.12. The molecule has 0 saturated carbocycles. The van der Waals surface area contributed by atoms with Gasteiger partial charge in [-0.2, -0.15) is 0 Å². The number of hydrogen-bond donors (Lipinski definition) is 1. The van der Waals surface area contributed by atoms with Gasteiger partial charge in [0.15, 0.2) is 11.5 Å². The van der Waals surface area contributed by atoms with Gasteiger partial charge in [0, 0.05) is 30.7 Å². The van der Waals surface area contributed by atoms with Crippen LogP contribution in [0.25, 0.3) is 0 Å². The van der Waals surface area contributed by atoms with Gasteiger partial charge in [-0.3, -0.25) is 9.59 Å². The van der Waals surface area contributed by atoms with Crippen molar-refractivity contribution in [2.75, 3.05) is 26.5 Å². The second-order valence-electron chi connectivity index (χ2n) is 6.75. The van der Waals surface area contributed by atoms with Crippen LogP contribution >= 0.6 is 11.3 Å². The van der Waals surface area contributed by atoms with Crippen LogP contribution in [0.4, 0.5) is 5.69 Å². The summed E-state index contributed by atoms with van der Waals surface area (Å²) in [5, 5.41) is 4.76. The first kappa shape index (κ1) is 21.3. The highest BCUT2D eigenvalue weighted by molar-refractivity contribution is 7.07. The molecular weight excluding hydrogens is 402 g/mol. The van der Waals surface area contributed by atoms with Gasteiger partial charge >= 0.3 is 0 Å². The molecule has 0 radical (unpaired) electrons. The van der Waals surface area contributed by atoms with Crippen molar-refractivity contribution in [3.05, 3.63) is 70.2 Å². The molecule has 0 spiro atoms. The highest BCUT2D eigenvalue weighted by Crippen LogP contribution is 2.29. The Hall–Kier alpha value is -3.39. The lowest BCUT2D eigenvalue weighted by Crippen LogP contribution is -2.23. The van der Waals surface area contributed by atoms with Crippen molar-refractivity contribution in [3.8, 4) is 11.5 Å². The molecule has 1 N–H and O–H groups in total. The van der Waals surface area contributed by atoms with E-state index in [1.807, 2.05) is 17.5 Å². The van der Waals surface area contributed by atoms with Gasteiger partial charge in [0.1, 0.15) is 6.61 Å². The lowest BCUT2D eigenvalue weighted by molar-refractivity contribution is -0.127. The molecule has 30 heavy (non-hydrogen) atoms. The van der Waals surface area contributed by atoms with Crippen LogP contribution < -0.4 is 14.8 Å². The number of thiazole rings is 1. The van der Waals surface area contributed by atoms with Crippen molar-refractivity contribution in [3.63, 3.8) is 0 Å². The molecular formula is C22H23N3O4S. The van der Waals surface area contributed by atoms with E-state index >= 15 is 0 Å². The number of anilines is 1. The Labute approximate surface area is 179 Å². The number of methoxy groups -OCH3 is 1. The second kappa shape index (κ2) is 9.89. The van der Waals surface area contributed by atoms with E-state index in [0.29, 0.717) is 35.8 Å². The monoisotopic (exact) mass is 425 g/mol. The lowest BCUT2D eigenvalue weighted by atomic mass is 10.1. The average molecular weight is 426 g/mol. The number of ether oxygens (including phenoxy) is 2. The van der Waals surface area contributed by atoms with Crippen molar-refractivity contribution >= 4 is 28.8 Å². The number of likely N-dealkylation sites (N-methyl/N-ethyl adjacent to an activating group) is 1. The summed E-state index contributed by atoms with van der Waals surface area (Å²) >= 11 is 1.50. The van der Waals surface area contributed by atoms with E-state index < -0.39 is 0 Å². The van der Waals surface area contributed by atoms with E-state index in [1.54, 1.807) is 54.8 Å². The predicted molar refractivity (Wildman–Crippen MR) is 116 cm³/mol. The number of nitrogens with one attached hydrogen (secondary N) is 1. The first-order valence-corrected chi connectivity index (χ1v) is 10.2. The van der Waals surface area contributed by atoms with Crippen LogP contribution in [0.1, 0.15) is 21.6 Å². The van der Waals surface area contributed by atoms with Gasteiger partial charge in [-0.05, 0) is 35.9 Å². The molecule has 0 bridgehead atoms. The number of aromatic nitrogens is 1. The standard InChI is InChI=1S/C22H23N3O4S/c1-25(2)21(26)10-15-4-7-17(8-5-15)24-22(27)16-6-9-19(20(11-16)28-3)29-12-18-13-30-14-23-18/h4-9,11,13-14H,10,12H2,1-3H3,(H,24,27). The fraction of sp³-hybridized carbons (Fsp3) is 0.227. The summed E-state index contributed by atoms with van der Waals surface area (Å²) in [4.78, 5) is 30.1. The van der Waals surface area contributed by atoms with Crippen molar-refractivity contribution in [1.29, 1.82) is 0 Å². The third kappa shape index (κ3) is 5.57. The fourth-order valence-electron chi connectivity index (χ4n) is 2.63. The Morgan fingerprint density at radius 3 is 2.50 bits per heavy atom. The number of nitrogens with zero attached hydrogens (tertiary/aromatic N) is 2. The molecule has 0 saturated heterocycles. The average Bonchev–Trinajstić information content (AvgIpc) is 3.27. The van der Waals surface area contributed by atoms with Crippen molar-refractivity contribution in [2.45, 2.75) is 13.0 Å². The Kier molecular flexibility index (Phi) is 7.03. The van der Waals surface area contributed by atoms with Gasteiger partial charge in [0.25, 0.3) is 5.91 Å². The molecule has 1 aromatic heterocycles. The molecule has 7 nitrogen and oxygen atoms in total. The van der Waals surface area contributed by atoms with Gasteiger partial charge in [-0.25, -0.2) is 4.98 Å². The summed E-state index contributed by atoms with van der Waals surface area (Å²) in [7, 11) is 4.97.